The molecule has 0 spiro atoms. The van der Waals surface area contributed by atoms with Crippen LogP contribution in [-0.2, 0) is 4.79 Å². The van der Waals surface area contributed by atoms with Gasteiger partial charge in [-0.3, -0.25) is 19.9 Å². The highest BCUT2D eigenvalue weighted by atomic mass is 16.6. The largest absolute Gasteiger partial charge is 0.370 e. The van der Waals surface area contributed by atoms with Gasteiger partial charge in [-0.1, -0.05) is 0 Å². The first-order valence-electron chi connectivity index (χ1n) is 6.44. The number of hydrogen-bond donors (Lipinski definition) is 0. The summed E-state index contributed by atoms with van der Waals surface area (Å²) in [4.78, 5) is 28.2. The zero-order valence-corrected chi connectivity index (χ0v) is 10.8. The first kappa shape index (κ1) is 12.5. The van der Waals surface area contributed by atoms with Gasteiger partial charge in [0.05, 0.1) is 10.3 Å². The molecule has 1 fully saturated rings. The maximum atomic E-state index is 11.3. The molecule has 1 aromatic heterocycles. The molecule has 6 heteroatoms. The Kier molecular flexibility index (Phi) is 3.06. The van der Waals surface area contributed by atoms with Crippen LogP contribution < -0.4 is 4.90 Å². The number of rotatable bonds is 2. The van der Waals surface area contributed by atoms with Gasteiger partial charge in [0.1, 0.15) is 5.78 Å². The number of pyridine rings is 1. The third-order valence-electron chi connectivity index (χ3n) is 3.63. The molecule has 2 heterocycles. The number of nitrogens with zero attached hydrogens (tertiary/aromatic N) is 3. The molecule has 2 aromatic rings. The van der Waals surface area contributed by atoms with Crippen LogP contribution in [0.4, 0.5) is 11.4 Å². The number of hydrogen-bond acceptors (Lipinski definition) is 5. The topological polar surface area (TPSA) is 76.3 Å². The van der Waals surface area contributed by atoms with Crippen molar-refractivity contribution in [3.8, 4) is 0 Å². The smallest absolute Gasteiger partial charge is 0.277 e. The molecule has 0 atom stereocenters. The van der Waals surface area contributed by atoms with Gasteiger partial charge in [0.15, 0.2) is 0 Å². The van der Waals surface area contributed by atoms with E-state index in [0.29, 0.717) is 31.3 Å². The van der Waals surface area contributed by atoms with Crippen molar-refractivity contribution in [2.45, 2.75) is 12.8 Å². The van der Waals surface area contributed by atoms with Gasteiger partial charge in [0, 0.05) is 55.5 Å². The highest BCUT2D eigenvalue weighted by Gasteiger charge is 2.21. The van der Waals surface area contributed by atoms with Gasteiger partial charge in [-0.25, -0.2) is 0 Å². The molecule has 0 bridgehead atoms. The summed E-state index contributed by atoms with van der Waals surface area (Å²) in [5, 5.41) is 12.4. The van der Waals surface area contributed by atoms with E-state index >= 15 is 0 Å². The number of Topliss-reactive ketones (excluding diaryl/α,β-unsaturated/α-hetero) is 1. The molecule has 1 aliphatic rings. The molecule has 6 nitrogen and oxygen atoms in total. The monoisotopic (exact) mass is 271 g/mol. The van der Waals surface area contributed by atoms with Crippen molar-refractivity contribution in [3.63, 3.8) is 0 Å². The third kappa shape index (κ3) is 2.09. The molecular formula is C14H13N3O3. The first-order valence-corrected chi connectivity index (χ1v) is 6.44. The van der Waals surface area contributed by atoms with E-state index in [-0.39, 0.29) is 16.4 Å². The van der Waals surface area contributed by atoms with Crippen molar-refractivity contribution in [1.29, 1.82) is 0 Å². The Balaban J connectivity index is 2.11. The van der Waals surface area contributed by atoms with Gasteiger partial charge in [-0.2, -0.15) is 0 Å². The maximum absolute atomic E-state index is 11.3. The number of piperidine rings is 1. The number of ketones is 1. The van der Waals surface area contributed by atoms with Crippen LogP contribution in [0.2, 0.25) is 0 Å². The number of fused-ring (bicyclic) bond motifs is 1. The minimum absolute atomic E-state index is 0.0826. The average Bonchev–Trinajstić information content (AvgIpc) is 2.47. The van der Waals surface area contributed by atoms with Crippen molar-refractivity contribution >= 4 is 27.9 Å². The molecule has 0 aliphatic carbocycles. The number of carbonyl (C=O) groups excluding carboxylic acids is 1. The predicted octanol–water partition coefficient (Wildman–Crippen LogP) is 2.31. The molecule has 102 valence electrons. The molecule has 0 radical (unpaired) electrons. The molecule has 0 unspecified atom stereocenters. The Bertz CT molecular complexity index is 689. The third-order valence-corrected chi connectivity index (χ3v) is 3.63. The van der Waals surface area contributed by atoms with Crippen molar-refractivity contribution in [1.82, 2.24) is 4.98 Å². The van der Waals surface area contributed by atoms with Gasteiger partial charge in [-0.05, 0) is 12.1 Å². The van der Waals surface area contributed by atoms with Crippen LogP contribution in [0.25, 0.3) is 10.8 Å². The Hall–Kier alpha value is -2.50. The maximum Gasteiger partial charge on any atom is 0.277 e. The second-order valence-corrected chi connectivity index (χ2v) is 4.81. The number of nitro groups is 1. The van der Waals surface area contributed by atoms with E-state index in [1.165, 1.54) is 6.07 Å². The van der Waals surface area contributed by atoms with E-state index in [0.717, 1.165) is 11.1 Å². The Labute approximate surface area is 115 Å². The van der Waals surface area contributed by atoms with Gasteiger partial charge < -0.3 is 4.90 Å². The van der Waals surface area contributed by atoms with Crippen LogP contribution in [0.5, 0.6) is 0 Å². The standard InChI is InChI=1S/C14H13N3O3/c18-10-4-7-16(8-5-10)13-1-2-14(17(19)20)11-3-6-15-9-12(11)13/h1-3,6,9H,4-5,7-8H2. The van der Waals surface area contributed by atoms with Crippen LogP contribution in [0.1, 0.15) is 12.8 Å². The number of carbonyl (C=O) groups is 1. The van der Waals surface area contributed by atoms with E-state index < -0.39 is 0 Å². The van der Waals surface area contributed by atoms with Crippen molar-refractivity contribution in [2.75, 3.05) is 18.0 Å². The molecule has 1 saturated heterocycles. The summed E-state index contributed by atoms with van der Waals surface area (Å²) in [6.07, 6.45) is 4.25. The molecule has 20 heavy (non-hydrogen) atoms. The number of anilines is 1. The molecule has 1 aliphatic heterocycles. The number of benzene rings is 1. The Morgan fingerprint density at radius 3 is 2.60 bits per heavy atom. The fourth-order valence-corrected chi connectivity index (χ4v) is 2.59. The summed E-state index contributed by atoms with van der Waals surface area (Å²) in [7, 11) is 0. The molecule has 0 amide bonds. The summed E-state index contributed by atoms with van der Waals surface area (Å²) in [6.45, 7) is 1.31. The van der Waals surface area contributed by atoms with Gasteiger partial charge in [0.25, 0.3) is 5.69 Å². The quantitative estimate of drug-likeness (QED) is 0.618. The normalized spacial score (nSPS) is 15.6. The lowest BCUT2D eigenvalue weighted by Gasteiger charge is -2.29. The second kappa shape index (κ2) is 4.88. The highest BCUT2D eigenvalue weighted by molar-refractivity contribution is 5.99. The van der Waals surface area contributed by atoms with Crippen molar-refractivity contribution in [3.05, 3.63) is 40.7 Å². The lowest BCUT2D eigenvalue weighted by molar-refractivity contribution is -0.383. The van der Waals surface area contributed by atoms with Gasteiger partial charge >= 0.3 is 0 Å². The minimum atomic E-state index is -0.383. The average molecular weight is 271 g/mol. The van der Waals surface area contributed by atoms with Crippen molar-refractivity contribution in [2.24, 2.45) is 0 Å². The summed E-state index contributed by atoms with van der Waals surface area (Å²) < 4.78 is 0. The minimum Gasteiger partial charge on any atom is -0.370 e. The fraction of sp³-hybridized carbons (Fsp3) is 0.286. The molecule has 1 aromatic carbocycles. The van der Waals surface area contributed by atoms with Crippen LogP contribution >= 0.6 is 0 Å². The van der Waals surface area contributed by atoms with Gasteiger partial charge in [-0.15, -0.1) is 0 Å². The first-order chi connectivity index (χ1) is 9.66. The van der Waals surface area contributed by atoms with Crippen LogP contribution in [0, 0.1) is 10.1 Å². The molecule has 3 rings (SSSR count). The summed E-state index contributed by atoms with van der Waals surface area (Å²) >= 11 is 0. The van der Waals surface area contributed by atoms with E-state index in [4.69, 9.17) is 0 Å². The lowest BCUT2D eigenvalue weighted by Crippen LogP contribution is -2.33. The summed E-state index contributed by atoms with van der Waals surface area (Å²) in [6, 6.07) is 4.93. The molecule has 0 saturated carbocycles. The highest BCUT2D eigenvalue weighted by Crippen LogP contribution is 2.33. The molecular weight excluding hydrogens is 258 g/mol. The van der Waals surface area contributed by atoms with E-state index in [1.54, 1.807) is 24.5 Å². The Morgan fingerprint density at radius 1 is 1.15 bits per heavy atom. The fourth-order valence-electron chi connectivity index (χ4n) is 2.59. The zero-order chi connectivity index (χ0) is 14.1. The van der Waals surface area contributed by atoms with Crippen molar-refractivity contribution < 1.29 is 9.72 Å². The van der Waals surface area contributed by atoms with E-state index in [1.807, 2.05) is 0 Å². The number of aromatic nitrogens is 1. The second-order valence-electron chi connectivity index (χ2n) is 4.81. The summed E-state index contributed by atoms with van der Waals surface area (Å²) in [5.41, 5.74) is 0.991. The SMILES string of the molecule is O=C1CCN(c2ccc([N+](=O)[O-])c3ccncc23)CC1. The zero-order valence-electron chi connectivity index (χ0n) is 10.8. The lowest BCUT2D eigenvalue weighted by atomic mass is 10.0. The van der Waals surface area contributed by atoms with E-state index in [2.05, 4.69) is 9.88 Å². The van der Waals surface area contributed by atoms with Gasteiger partial charge in [0.2, 0.25) is 0 Å². The van der Waals surface area contributed by atoms with E-state index in [9.17, 15) is 14.9 Å². The number of nitro benzene ring substituents is 1. The summed E-state index contributed by atoms with van der Waals surface area (Å²) in [5.74, 6) is 0.269. The van der Waals surface area contributed by atoms with Crippen LogP contribution in [0.3, 0.4) is 0 Å². The number of non-ortho nitro benzene ring substituents is 1. The predicted molar refractivity (Wildman–Crippen MR) is 74.9 cm³/mol. The molecule has 0 N–H and O–H groups in total. The van der Waals surface area contributed by atoms with Crippen LogP contribution in [-0.4, -0.2) is 28.8 Å². The van der Waals surface area contributed by atoms with Crippen LogP contribution in [0.15, 0.2) is 30.6 Å². The Morgan fingerprint density at radius 2 is 1.90 bits per heavy atom.